The lowest BCUT2D eigenvalue weighted by atomic mass is 9.93. The van der Waals surface area contributed by atoms with E-state index in [4.69, 9.17) is 21.3 Å². The Hall–Kier alpha value is -2.77. The number of aliphatic imine (C=N–C) groups is 2. The quantitative estimate of drug-likeness (QED) is 0.707. The number of morpholine rings is 1. The zero-order valence-corrected chi connectivity index (χ0v) is 18.6. The fourth-order valence-electron chi connectivity index (χ4n) is 3.86. The van der Waals surface area contributed by atoms with E-state index in [1.807, 2.05) is 38.5 Å². The largest absolute Gasteiger partial charge is 0.370 e. The maximum Gasteiger partial charge on any atom is 0.157 e. The molecule has 0 radical (unpaired) electrons. The first-order valence-corrected chi connectivity index (χ1v) is 10.7. The van der Waals surface area contributed by atoms with Crippen LogP contribution in [-0.4, -0.2) is 53.1 Å². The SMILES string of the molecule is CC/C=C1/C(c2ccc(Cl)cc2F)=CC(N2CCOC(c3cnn(C)c3)C2)=NC1=NC. The number of nitrogens with zero attached hydrogens (tertiary/aromatic N) is 5. The van der Waals surface area contributed by atoms with Gasteiger partial charge in [0.1, 0.15) is 17.8 Å². The molecule has 0 saturated carbocycles. The number of benzene rings is 1. The molecule has 2 aromatic rings. The van der Waals surface area contributed by atoms with Crippen molar-refractivity contribution < 1.29 is 9.13 Å². The first kappa shape index (κ1) is 21.5. The van der Waals surface area contributed by atoms with Crippen molar-refractivity contribution >= 4 is 28.8 Å². The van der Waals surface area contributed by atoms with Gasteiger partial charge in [-0.3, -0.25) is 9.67 Å². The molecule has 2 aliphatic rings. The summed E-state index contributed by atoms with van der Waals surface area (Å²) >= 11 is 5.99. The number of amidine groups is 2. The van der Waals surface area contributed by atoms with E-state index in [9.17, 15) is 4.39 Å². The van der Waals surface area contributed by atoms with Crippen molar-refractivity contribution in [3.05, 3.63) is 70.3 Å². The van der Waals surface area contributed by atoms with Gasteiger partial charge in [-0.25, -0.2) is 9.38 Å². The number of halogens is 2. The van der Waals surface area contributed by atoms with Gasteiger partial charge >= 0.3 is 0 Å². The number of rotatable bonds is 3. The molecule has 8 heteroatoms. The molecule has 1 saturated heterocycles. The van der Waals surface area contributed by atoms with Gasteiger partial charge in [0.15, 0.2) is 5.84 Å². The van der Waals surface area contributed by atoms with Gasteiger partial charge in [0, 0.05) is 55.1 Å². The third kappa shape index (κ3) is 4.48. The van der Waals surface area contributed by atoms with E-state index < -0.39 is 0 Å². The molecule has 162 valence electrons. The lowest BCUT2D eigenvalue weighted by molar-refractivity contribution is -0.00658. The second-order valence-corrected chi connectivity index (χ2v) is 7.91. The zero-order chi connectivity index (χ0) is 22.0. The molecule has 4 rings (SSSR count). The van der Waals surface area contributed by atoms with E-state index in [1.165, 1.54) is 6.07 Å². The van der Waals surface area contributed by atoms with Crippen molar-refractivity contribution in [1.82, 2.24) is 14.7 Å². The summed E-state index contributed by atoms with van der Waals surface area (Å²) in [5.74, 6) is 0.969. The van der Waals surface area contributed by atoms with Gasteiger partial charge in [-0.2, -0.15) is 5.10 Å². The summed E-state index contributed by atoms with van der Waals surface area (Å²) in [5, 5.41) is 4.62. The summed E-state index contributed by atoms with van der Waals surface area (Å²) in [6.07, 6.45) is 8.43. The lowest BCUT2D eigenvalue weighted by Gasteiger charge is -2.35. The predicted octanol–water partition coefficient (Wildman–Crippen LogP) is 4.45. The Morgan fingerprint density at radius 2 is 2.23 bits per heavy atom. The summed E-state index contributed by atoms with van der Waals surface area (Å²) in [7, 11) is 3.59. The summed E-state index contributed by atoms with van der Waals surface area (Å²) < 4.78 is 22.6. The highest BCUT2D eigenvalue weighted by Gasteiger charge is 2.29. The van der Waals surface area contributed by atoms with Crippen LogP contribution in [-0.2, 0) is 11.8 Å². The molecule has 1 atom stereocenters. The van der Waals surface area contributed by atoms with Crippen LogP contribution in [0.15, 0.2) is 58.3 Å². The molecule has 1 unspecified atom stereocenters. The number of aromatic nitrogens is 2. The Bertz CT molecular complexity index is 1100. The van der Waals surface area contributed by atoms with Gasteiger partial charge in [-0.1, -0.05) is 24.6 Å². The molecule has 0 bridgehead atoms. The Balaban J connectivity index is 1.73. The minimum absolute atomic E-state index is 0.108. The van der Waals surface area contributed by atoms with Crippen molar-refractivity contribution in [1.29, 1.82) is 0 Å². The van der Waals surface area contributed by atoms with Crippen LogP contribution in [0.1, 0.15) is 30.6 Å². The number of hydrogen-bond acceptors (Lipinski definition) is 4. The summed E-state index contributed by atoms with van der Waals surface area (Å²) in [6, 6.07) is 4.75. The first-order chi connectivity index (χ1) is 15.0. The molecule has 1 fully saturated rings. The highest BCUT2D eigenvalue weighted by Crippen LogP contribution is 2.33. The summed E-state index contributed by atoms with van der Waals surface area (Å²) in [4.78, 5) is 11.4. The molecule has 1 aromatic heterocycles. The summed E-state index contributed by atoms with van der Waals surface area (Å²) in [5.41, 5.74) is 3.08. The first-order valence-electron chi connectivity index (χ1n) is 10.3. The van der Waals surface area contributed by atoms with E-state index in [0.717, 1.165) is 29.0 Å². The molecule has 31 heavy (non-hydrogen) atoms. The highest BCUT2D eigenvalue weighted by atomic mass is 35.5. The molecule has 2 aliphatic heterocycles. The zero-order valence-electron chi connectivity index (χ0n) is 17.8. The Kier molecular flexibility index (Phi) is 6.34. The number of hydrogen-bond donors (Lipinski definition) is 0. The average Bonchev–Trinajstić information content (AvgIpc) is 3.21. The Morgan fingerprint density at radius 1 is 1.39 bits per heavy atom. The maximum absolute atomic E-state index is 14.9. The van der Waals surface area contributed by atoms with Gasteiger partial charge in [-0.05, 0) is 36.3 Å². The van der Waals surface area contributed by atoms with Crippen molar-refractivity contribution in [2.75, 3.05) is 26.7 Å². The van der Waals surface area contributed by atoms with Crippen molar-refractivity contribution in [3.63, 3.8) is 0 Å². The number of allylic oxidation sites excluding steroid dienone is 1. The van der Waals surface area contributed by atoms with Crippen LogP contribution in [0.3, 0.4) is 0 Å². The van der Waals surface area contributed by atoms with Gasteiger partial charge < -0.3 is 9.64 Å². The smallest absolute Gasteiger partial charge is 0.157 e. The highest BCUT2D eigenvalue weighted by molar-refractivity contribution is 6.30. The van der Waals surface area contributed by atoms with Crippen LogP contribution in [0, 0.1) is 5.82 Å². The minimum atomic E-state index is -0.368. The fraction of sp³-hybridized carbons (Fsp3) is 0.348. The minimum Gasteiger partial charge on any atom is -0.370 e. The fourth-order valence-corrected chi connectivity index (χ4v) is 4.02. The molecular formula is C23H25ClFN5O. The monoisotopic (exact) mass is 441 g/mol. The van der Waals surface area contributed by atoms with Gasteiger partial charge in [0.25, 0.3) is 0 Å². The molecule has 0 aliphatic carbocycles. The van der Waals surface area contributed by atoms with E-state index in [1.54, 1.807) is 23.9 Å². The molecule has 6 nitrogen and oxygen atoms in total. The van der Waals surface area contributed by atoms with Crippen LogP contribution < -0.4 is 0 Å². The van der Waals surface area contributed by atoms with Gasteiger partial charge in [-0.15, -0.1) is 0 Å². The Labute approximate surface area is 186 Å². The molecule has 0 spiro atoms. The van der Waals surface area contributed by atoms with E-state index in [0.29, 0.717) is 36.1 Å². The topological polar surface area (TPSA) is 55.0 Å². The number of dihydropyridines is 1. The van der Waals surface area contributed by atoms with Crippen LogP contribution in [0.4, 0.5) is 4.39 Å². The summed E-state index contributed by atoms with van der Waals surface area (Å²) in [6.45, 7) is 3.91. The van der Waals surface area contributed by atoms with E-state index >= 15 is 0 Å². The van der Waals surface area contributed by atoms with Crippen LogP contribution in [0.25, 0.3) is 5.57 Å². The van der Waals surface area contributed by atoms with Crippen LogP contribution in [0.5, 0.6) is 0 Å². The van der Waals surface area contributed by atoms with E-state index in [2.05, 4.69) is 15.0 Å². The molecule has 0 amide bonds. The van der Waals surface area contributed by atoms with Crippen molar-refractivity contribution in [2.45, 2.75) is 19.4 Å². The Morgan fingerprint density at radius 3 is 2.90 bits per heavy atom. The number of aryl methyl sites for hydroxylation is 1. The second kappa shape index (κ2) is 9.16. The van der Waals surface area contributed by atoms with Gasteiger partial charge in [0.2, 0.25) is 0 Å². The standard InChI is InChI=1S/C23H25ClFN5O/c1-4-5-18-19(17-7-6-16(24)10-20(17)25)11-22(28-23(18)26-2)30-8-9-31-21(14-30)15-12-27-29(3)13-15/h5-7,10-13,21H,4,8-9,14H2,1-3H3/b18-5-,26-23?. The average molecular weight is 442 g/mol. The normalized spacial score (nSPS) is 22.1. The lowest BCUT2D eigenvalue weighted by Crippen LogP contribution is -2.42. The van der Waals surface area contributed by atoms with Gasteiger partial charge in [0.05, 0.1) is 12.8 Å². The third-order valence-electron chi connectivity index (χ3n) is 5.35. The van der Waals surface area contributed by atoms with Crippen LogP contribution >= 0.6 is 11.6 Å². The molecule has 0 N–H and O–H groups in total. The third-order valence-corrected chi connectivity index (χ3v) is 5.59. The molecular weight excluding hydrogens is 417 g/mol. The van der Waals surface area contributed by atoms with Crippen molar-refractivity contribution in [2.24, 2.45) is 17.0 Å². The maximum atomic E-state index is 14.9. The predicted molar refractivity (Wildman–Crippen MR) is 122 cm³/mol. The molecule has 3 heterocycles. The number of ether oxygens (including phenoxy) is 1. The molecule has 1 aromatic carbocycles. The van der Waals surface area contributed by atoms with Crippen molar-refractivity contribution in [3.8, 4) is 0 Å². The van der Waals surface area contributed by atoms with E-state index in [-0.39, 0.29) is 11.9 Å². The second-order valence-electron chi connectivity index (χ2n) is 7.48. The van der Waals surface area contributed by atoms with Crippen LogP contribution in [0.2, 0.25) is 5.02 Å².